The molecule has 2 atom stereocenters. The van der Waals surface area contributed by atoms with Gasteiger partial charge in [0.15, 0.2) is 6.10 Å². The SMILES string of the molecule is CCC(NC(=O)C1CN(S(C)(=O)=O)c2ccccc2O1)c1ccccc1. The van der Waals surface area contributed by atoms with Gasteiger partial charge in [-0.1, -0.05) is 49.4 Å². The molecule has 7 heteroatoms. The minimum Gasteiger partial charge on any atom is -0.476 e. The molecule has 1 N–H and O–H groups in total. The fourth-order valence-corrected chi connectivity index (χ4v) is 3.94. The lowest BCUT2D eigenvalue weighted by atomic mass is 10.0. The van der Waals surface area contributed by atoms with Crippen LogP contribution >= 0.6 is 0 Å². The van der Waals surface area contributed by atoms with E-state index in [1.54, 1.807) is 24.3 Å². The smallest absolute Gasteiger partial charge is 0.263 e. The zero-order chi connectivity index (χ0) is 18.7. The van der Waals surface area contributed by atoms with Gasteiger partial charge in [-0.25, -0.2) is 8.42 Å². The fourth-order valence-electron chi connectivity index (χ4n) is 3.02. The summed E-state index contributed by atoms with van der Waals surface area (Å²) in [4.78, 5) is 12.8. The van der Waals surface area contributed by atoms with Crippen molar-refractivity contribution in [2.24, 2.45) is 0 Å². The van der Waals surface area contributed by atoms with Gasteiger partial charge < -0.3 is 10.1 Å². The summed E-state index contributed by atoms with van der Waals surface area (Å²) in [6.45, 7) is 1.94. The van der Waals surface area contributed by atoms with Gasteiger partial charge in [0.25, 0.3) is 5.91 Å². The molecule has 0 saturated carbocycles. The van der Waals surface area contributed by atoms with Crippen molar-refractivity contribution < 1.29 is 17.9 Å². The van der Waals surface area contributed by atoms with Crippen LogP contribution in [-0.2, 0) is 14.8 Å². The number of amides is 1. The topological polar surface area (TPSA) is 75.7 Å². The van der Waals surface area contributed by atoms with Crippen molar-refractivity contribution in [3.8, 4) is 5.75 Å². The maximum atomic E-state index is 12.8. The number of hydrogen-bond acceptors (Lipinski definition) is 4. The van der Waals surface area contributed by atoms with Crippen molar-refractivity contribution in [1.29, 1.82) is 0 Å². The molecule has 0 aliphatic carbocycles. The van der Waals surface area contributed by atoms with E-state index >= 15 is 0 Å². The highest BCUT2D eigenvalue weighted by atomic mass is 32.2. The minimum atomic E-state index is -3.52. The molecule has 1 aliphatic rings. The Hall–Kier alpha value is -2.54. The number of carbonyl (C=O) groups is 1. The van der Waals surface area contributed by atoms with Crippen molar-refractivity contribution in [1.82, 2.24) is 5.32 Å². The molecule has 1 amide bonds. The third-order valence-corrected chi connectivity index (χ3v) is 5.50. The molecule has 138 valence electrons. The molecule has 26 heavy (non-hydrogen) atoms. The molecule has 1 heterocycles. The zero-order valence-electron chi connectivity index (χ0n) is 14.8. The summed E-state index contributed by atoms with van der Waals surface area (Å²) in [6.07, 6.45) is 0.940. The van der Waals surface area contributed by atoms with Gasteiger partial charge in [-0.3, -0.25) is 9.10 Å². The van der Waals surface area contributed by atoms with E-state index < -0.39 is 16.1 Å². The second-order valence-corrected chi connectivity index (χ2v) is 8.16. The van der Waals surface area contributed by atoms with Crippen LogP contribution in [0, 0.1) is 0 Å². The third kappa shape index (κ3) is 3.83. The van der Waals surface area contributed by atoms with Crippen LogP contribution in [0.5, 0.6) is 5.75 Å². The van der Waals surface area contributed by atoms with Crippen molar-refractivity contribution in [2.45, 2.75) is 25.5 Å². The van der Waals surface area contributed by atoms with Gasteiger partial charge in [-0.15, -0.1) is 0 Å². The van der Waals surface area contributed by atoms with Gasteiger partial charge >= 0.3 is 0 Å². The Labute approximate surface area is 153 Å². The molecular weight excluding hydrogens is 352 g/mol. The first-order valence-corrected chi connectivity index (χ1v) is 10.3. The first-order valence-electron chi connectivity index (χ1n) is 8.49. The number of para-hydroxylation sites is 2. The van der Waals surface area contributed by atoms with E-state index in [1.807, 2.05) is 37.3 Å². The van der Waals surface area contributed by atoms with E-state index in [0.29, 0.717) is 11.4 Å². The summed E-state index contributed by atoms with van der Waals surface area (Å²) < 4.78 is 31.3. The normalized spacial score (nSPS) is 17.8. The molecule has 0 saturated heterocycles. The number of benzene rings is 2. The number of anilines is 1. The van der Waals surface area contributed by atoms with E-state index in [0.717, 1.165) is 18.2 Å². The van der Waals surface area contributed by atoms with Gasteiger partial charge in [0, 0.05) is 0 Å². The highest BCUT2D eigenvalue weighted by molar-refractivity contribution is 7.92. The number of ether oxygens (including phenoxy) is 1. The number of hydrogen-bond donors (Lipinski definition) is 1. The number of fused-ring (bicyclic) bond motifs is 1. The third-order valence-electron chi connectivity index (χ3n) is 4.35. The lowest BCUT2D eigenvalue weighted by Crippen LogP contribution is -2.51. The van der Waals surface area contributed by atoms with Crippen LogP contribution in [0.4, 0.5) is 5.69 Å². The lowest BCUT2D eigenvalue weighted by molar-refractivity contribution is -0.128. The molecule has 0 radical (unpaired) electrons. The van der Waals surface area contributed by atoms with Gasteiger partial charge in [-0.2, -0.15) is 0 Å². The molecule has 0 spiro atoms. The van der Waals surface area contributed by atoms with Gasteiger partial charge in [0.1, 0.15) is 5.75 Å². The first-order chi connectivity index (χ1) is 12.4. The number of carbonyl (C=O) groups excluding carboxylic acids is 1. The van der Waals surface area contributed by atoms with E-state index in [1.165, 1.54) is 4.31 Å². The number of nitrogens with zero attached hydrogens (tertiary/aromatic N) is 1. The van der Waals surface area contributed by atoms with E-state index in [4.69, 9.17) is 4.74 Å². The number of sulfonamides is 1. The first kappa shape index (κ1) is 18.3. The van der Waals surface area contributed by atoms with Crippen LogP contribution in [0.1, 0.15) is 24.9 Å². The van der Waals surface area contributed by atoms with E-state index in [-0.39, 0.29) is 18.5 Å². The molecule has 1 aliphatic heterocycles. The lowest BCUT2D eigenvalue weighted by Gasteiger charge is -2.34. The summed E-state index contributed by atoms with van der Waals surface area (Å²) >= 11 is 0. The summed E-state index contributed by atoms with van der Waals surface area (Å²) in [5.41, 5.74) is 1.45. The Morgan fingerprint density at radius 1 is 1.19 bits per heavy atom. The van der Waals surface area contributed by atoms with Crippen molar-refractivity contribution in [2.75, 3.05) is 17.1 Å². The molecule has 0 fully saturated rings. The van der Waals surface area contributed by atoms with Crippen molar-refractivity contribution in [3.05, 3.63) is 60.2 Å². The molecule has 0 bridgehead atoms. The standard InChI is InChI=1S/C19H22N2O4S/c1-3-15(14-9-5-4-6-10-14)20-19(22)18-13-21(26(2,23)24)16-11-7-8-12-17(16)25-18/h4-12,15,18H,3,13H2,1-2H3,(H,20,22). The summed E-state index contributed by atoms with van der Waals surface area (Å²) in [5, 5.41) is 2.97. The molecule has 3 rings (SSSR count). The molecular formula is C19H22N2O4S. The molecule has 2 aromatic carbocycles. The zero-order valence-corrected chi connectivity index (χ0v) is 15.6. The second kappa shape index (κ2) is 7.37. The predicted molar refractivity (Wildman–Crippen MR) is 101 cm³/mol. The molecule has 0 aromatic heterocycles. The fraction of sp³-hybridized carbons (Fsp3) is 0.316. The molecule has 2 unspecified atom stereocenters. The second-order valence-electron chi connectivity index (χ2n) is 6.25. The number of rotatable bonds is 5. The maximum Gasteiger partial charge on any atom is 0.263 e. The Balaban J connectivity index is 1.82. The molecule has 6 nitrogen and oxygen atoms in total. The van der Waals surface area contributed by atoms with E-state index in [9.17, 15) is 13.2 Å². The Kier molecular flexibility index (Phi) is 5.18. The highest BCUT2D eigenvalue weighted by Gasteiger charge is 2.35. The van der Waals surface area contributed by atoms with Gasteiger partial charge in [-0.05, 0) is 24.1 Å². The largest absolute Gasteiger partial charge is 0.476 e. The minimum absolute atomic E-state index is 0.0487. The van der Waals surface area contributed by atoms with E-state index in [2.05, 4.69) is 5.32 Å². The average Bonchev–Trinajstić information content (AvgIpc) is 2.65. The maximum absolute atomic E-state index is 12.8. The summed E-state index contributed by atoms with van der Waals surface area (Å²) in [5.74, 6) is 0.0564. The van der Waals surface area contributed by atoms with Crippen LogP contribution in [0.3, 0.4) is 0 Å². The van der Waals surface area contributed by atoms with Crippen molar-refractivity contribution >= 4 is 21.6 Å². The highest BCUT2D eigenvalue weighted by Crippen LogP contribution is 2.34. The number of nitrogens with one attached hydrogen (secondary N) is 1. The quantitative estimate of drug-likeness (QED) is 0.872. The monoisotopic (exact) mass is 374 g/mol. The van der Waals surface area contributed by atoms with Crippen LogP contribution in [0.2, 0.25) is 0 Å². The van der Waals surface area contributed by atoms with Crippen LogP contribution in [-0.4, -0.2) is 33.2 Å². The summed E-state index contributed by atoms with van der Waals surface area (Å²) in [6, 6.07) is 16.3. The van der Waals surface area contributed by atoms with Crippen LogP contribution in [0.25, 0.3) is 0 Å². The van der Waals surface area contributed by atoms with Gasteiger partial charge in [0.2, 0.25) is 10.0 Å². The predicted octanol–water partition coefficient (Wildman–Crippen LogP) is 2.48. The summed E-state index contributed by atoms with van der Waals surface area (Å²) in [7, 11) is -3.52. The molecule has 2 aromatic rings. The Morgan fingerprint density at radius 3 is 2.50 bits per heavy atom. The van der Waals surface area contributed by atoms with Crippen LogP contribution < -0.4 is 14.4 Å². The Morgan fingerprint density at radius 2 is 1.85 bits per heavy atom. The van der Waals surface area contributed by atoms with Gasteiger partial charge in [0.05, 0.1) is 24.5 Å². The van der Waals surface area contributed by atoms with Crippen LogP contribution in [0.15, 0.2) is 54.6 Å². The average molecular weight is 374 g/mol. The Bertz CT molecular complexity index is 883. The van der Waals surface area contributed by atoms with Crippen molar-refractivity contribution in [3.63, 3.8) is 0 Å².